The Bertz CT molecular complexity index is 521. The van der Waals surface area contributed by atoms with Crippen LogP contribution in [0.25, 0.3) is 0 Å². The highest BCUT2D eigenvalue weighted by molar-refractivity contribution is 5.86. The van der Waals surface area contributed by atoms with Crippen LogP contribution in [-0.2, 0) is 10.9 Å². The summed E-state index contributed by atoms with van der Waals surface area (Å²) in [5.74, 6) is 0. The molecule has 0 spiro atoms. The van der Waals surface area contributed by atoms with Crippen LogP contribution >= 0.6 is 0 Å². The summed E-state index contributed by atoms with van der Waals surface area (Å²) < 4.78 is 43.0. The Balaban J connectivity index is 0.00000211. The van der Waals surface area contributed by atoms with Crippen LogP contribution in [0.5, 0.6) is 0 Å². The first-order valence-corrected chi connectivity index (χ1v) is 6.95. The van der Waals surface area contributed by atoms with Gasteiger partial charge in [-0.1, -0.05) is 13.8 Å². The second-order valence-electron chi connectivity index (χ2n) is 5.40. The normalized spacial score (nSPS) is 11.4. The van der Waals surface area contributed by atoms with E-state index in [0.29, 0.717) is 5.56 Å². The number of carbonyl (C=O) groups is 1. The SMILES string of the molecule is CC.Cc1c(NC(=O)OC(C)(C)C)cnc(C(F)(F)F)c1C. The molecule has 0 saturated carbocycles. The van der Waals surface area contributed by atoms with Gasteiger partial charge in [0.05, 0.1) is 11.9 Å². The van der Waals surface area contributed by atoms with E-state index in [-0.39, 0.29) is 11.3 Å². The number of nitrogens with zero attached hydrogens (tertiary/aromatic N) is 1. The number of hydrogen-bond donors (Lipinski definition) is 1. The number of pyridine rings is 1. The van der Waals surface area contributed by atoms with E-state index in [9.17, 15) is 18.0 Å². The van der Waals surface area contributed by atoms with Crippen molar-refractivity contribution in [2.75, 3.05) is 5.32 Å². The zero-order valence-electron chi connectivity index (χ0n) is 14.0. The smallest absolute Gasteiger partial charge is 0.433 e. The van der Waals surface area contributed by atoms with Crippen LogP contribution in [0.15, 0.2) is 6.20 Å². The lowest BCUT2D eigenvalue weighted by atomic mass is 10.1. The third-order valence-corrected chi connectivity index (χ3v) is 2.55. The lowest BCUT2D eigenvalue weighted by Gasteiger charge is -2.20. The summed E-state index contributed by atoms with van der Waals surface area (Å²) in [6, 6.07) is 0. The molecule has 1 heterocycles. The molecule has 126 valence electrons. The molecule has 0 aromatic carbocycles. The van der Waals surface area contributed by atoms with E-state index < -0.39 is 23.6 Å². The summed E-state index contributed by atoms with van der Waals surface area (Å²) in [5.41, 5.74) is -1.16. The maximum Gasteiger partial charge on any atom is 0.433 e. The highest BCUT2D eigenvalue weighted by Crippen LogP contribution is 2.33. The van der Waals surface area contributed by atoms with Crippen molar-refractivity contribution >= 4 is 11.8 Å². The third-order valence-electron chi connectivity index (χ3n) is 2.55. The average Bonchev–Trinajstić information content (AvgIpc) is 2.33. The monoisotopic (exact) mass is 320 g/mol. The Labute approximate surface area is 129 Å². The number of aromatic nitrogens is 1. The van der Waals surface area contributed by atoms with Crippen LogP contribution < -0.4 is 5.32 Å². The van der Waals surface area contributed by atoms with E-state index in [2.05, 4.69) is 10.3 Å². The quantitative estimate of drug-likeness (QED) is 0.784. The molecule has 4 nitrogen and oxygen atoms in total. The molecule has 1 rings (SSSR count). The number of carbonyl (C=O) groups excluding carboxylic acids is 1. The average molecular weight is 320 g/mol. The van der Waals surface area contributed by atoms with Gasteiger partial charge in [0.15, 0.2) is 0 Å². The number of nitrogens with one attached hydrogen (secondary N) is 1. The van der Waals surface area contributed by atoms with Crippen molar-refractivity contribution in [3.63, 3.8) is 0 Å². The lowest BCUT2D eigenvalue weighted by molar-refractivity contribution is -0.141. The van der Waals surface area contributed by atoms with Gasteiger partial charge in [0.2, 0.25) is 0 Å². The number of halogens is 3. The predicted molar refractivity (Wildman–Crippen MR) is 79.9 cm³/mol. The number of amides is 1. The highest BCUT2D eigenvalue weighted by Gasteiger charge is 2.35. The zero-order valence-corrected chi connectivity index (χ0v) is 14.0. The van der Waals surface area contributed by atoms with E-state index in [1.807, 2.05) is 13.8 Å². The molecule has 1 N–H and O–H groups in total. The van der Waals surface area contributed by atoms with Crippen molar-refractivity contribution in [2.24, 2.45) is 0 Å². The summed E-state index contributed by atoms with van der Waals surface area (Å²) >= 11 is 0. The lowest BCUT2D eigenvalue weighted by Crippen LogP contribution is -2.27. The number of alkyl halides is 3. The van der Waals surface area contributed by atoms with Gasteiger partial charge in [-0.25, -0.2) is 9.78 Å². The van der Waals surface area contributed by atoms with Crippen LogP contribution in [-0.4, -0.2) is 16.7 Å². The number of anilines is 1. The van der Waals surface area contributed by atoms with E-state index in [1.54, 1.807) is 20.8 Å². The second-order valence-corrected chi connectivity index (χ2v) is 5.40. The first-order valence-electron chi connectivity index (χ1n) is 6.95. The van der Waals surface area contributed by atoms with Gasteiger partial charge in [-0.15, -0.1) is 0 Å². The van der Waals surface area contributed by atoms with Crippen molar-refractivity contribution in [3.05, 3.63) is 23.0 Å². The third kappa shape index (κ3) is 5.91. The molecule has 1 amide bonds. The van der Waals surface area contributed by atoms with Gasteiger partial charge in [0.25, 0.3) is 0 Å². The minimum Gasteiger partial charge on any atom is -0.444 e. The predicted octanol–water partition coefficient (Wildman–Crippen LogP) is 5.09. The van der Waals surface area contributed by atoms with Crippen LogP contribution in [0.1, 0.15) is 51.4 Å². The summed E-state index contributed by atoms with van der Waals surface area (Å²) in [6.07, 6.45) is -4.27. The molecule has 22 heavy (non-hydrogen) atoms. The first kappa shape index (κ1) is 20.2. The fraction of sp³-hybridized carbons (Fsp3) is 0.600. The topological polar surface area (TPSA) is 51.2 Å². The molecule has 0 bridgehead atoms. The standard InChI is InChI=1S/C13H17F3N2O2.C2H6/c1-7-8(2)10(13(14,15)16)17-6-9(7)18-11(19)20-12(3,4)5;1-2/h6H,1-5H3,(H,18,19);1-2H3. The van der Waals surface area contributed by atoms with Crippen molar-refractivity contribution in [1.82, 2.24) is 4.98 Å². The van der Waals surface area contributed by atoms with Crippen molar-refractivity contribution in [1.29, 1.82) is 0 Å². The molecule has 0 unspecified atom stereocenters. The Kier molecular flexibility index (Phi) is 6.86. The molecule has 0 radical (unpaired) electrons. The summed E-state index contributed by atoms with van der Waals surface area (Å²) in [5, 5.41) is 2.40. The maximum atomic E-state index is 12.7. The molecule has 1 aromatic rings. The van der Waals surface area contributed by atoms with Crippen LogP contribution in [0.2, 0.25) is 0 Å². The van der Waals surface area contributed by atoms with Gasteiger partial charge in [-0.3, -0.25) is 5.32 Å². The molecule has 0 fully saturated rings. The largest absolute Gasteiger partial charge is 0.444 e. The minimum absolute atomic E-state index is 0.0222. The van der Waals surface area contributed by atoms with Gasteiger partial charge in [0, 0.05) is 0 Å². The van der Waals surface area contributed by atoms with E-state index in [1.165, 1.54) is 13.8 Å². The van der Waals surface area contributed by atoms with Gasteiger partial charge >= 0.3 is 12.3 Å². The summed E-state index contributed by atoms with van der Waals surface area (Å²) in [4.78, 5) is 15.0. The molecular formula is C15H23F3N2O2. The summed E-state index contributed by atoms with van der Waals surface area (Å²) in [6.45, 7) is 11.9. The first-order chi connectivity index (χ1) is 9.92. The van der Waals surface area contributed by atoms with Crippen LogP contribution in [0.4, 0.5) is 23.7 Å². The van der Waals surface area contributed by atoms with E-state index >= 15 is 0 Å². The molecule has 0 aliphatic carbocycles. The molecule has 0 saturated heterocycles. The fourth-order valence-electron chi connectivity index (χ4n) is 1.53. The molecule has 0 aliphatic heterocycles. The maximum absolute atomic E-state index is 12.7. The van der Waals surface area contributed by atoms with Crippen molar-refractivity contribution < 1.29 is 22.7 Å². The zero-order chi connectivity index (χ0) is 17.7. The highest BCUT2D eigenvalue weighted by atomic mass is 19.4. The van der Waals surface area contributed by atoms with E-state index in [4.69, 9.17) is 4.74 Å². The number of rotatable bonds is 1. The van der Waals surface area contributed by atoms with Crippen LogP contribution in [0.3, 0.4) is 0 Å². The molecule has 0 atom stereocenters. The van der Waals surface area contributed by atoms with Gasteiger partial charge in [-0.05, 0) is 45.7 Å². The number of hydrogen-bond acceptors (Lipinski definition) is 3. The Morgan fingerprint density at radius 2 is 1.64 bits per heavy atom. The van der Waals surface area contributed by atoms with Crippen molar-refractivity contribution in [2.45, 2.75) is 60.2 Å². The van der Waals surface area contributed by atoms with Gasteiger partial charge in [0.1, 0.15) is 11.3 Å². The minimum atomic E-state index is -4.51. The van der Waals surface area contributed by atoms with Gasteiger partial charge in [-0.2, -0.15) is 13.2 Å². The summed E-state index contributed by atoms with van der Waals surface area (Å²) in [7, 11) is 0. The second kappa shape index (κ2) is 7.47. The molecule has 7 heteroatoms. The van der Waals surface area contributed by atoms with Gasteiger partial charge < -0.3 is 4.74 Å². The number of ether oxygens (including phenoxy) is 1. The fourth-order valence-corrected chi connectivity index (χ4v) is 1.53. The Morgan fingerprint density at radius 3 is 2.05 bits per heavy atom. The Morgan fingerprint density at radius 1 is 1.14 bits per heavy atom. The van der Waals surface area contributed by atoms with Crippen LogP contribution in [0, 0.1) is 13.8 Å². The molecular weight excluding hydrogens is 297 g/mol. The Hall–Kier alpha value is -1.79. The van der Waals surface area contributed by atoms with E-state index in [0.717, 1.165) is 6.20 Å². The molecule has 0 aliphatic rings. The molecule has 1 aromatic heterocycles. The van der Waals surface area contributed by atoms with Crippen molar-refractivity contribution in [3.8, 4) is 0 Å².